The van der Waals surface area contributed by atoms with Gasteiger partial charge in [-0.3, -0.25) is 4.90 Å². The Labute approximate surface area is 159 Å². The van der Waals surface area contributed by atoms with E-state index in [-0.39, 0.29) is 18.8 Å². The zero-order valence-electron chi connectivity index (χ0n) is 13.9. The minimum atomic E-state index is -0.535. The molecule has 5 nitrogen and oxygen atoms in total. The maximum atomic E-state index is 14.3. The molecular weight excluding hydrogens is 403 g/mol. The van der Waals surface area contributed by atoms with Crippen LogP contribution in [0.2, 0.25) is 0 Å². The van der Waals surface area contributed by atoms with Crippen LogP contribution in [0.5, 0.6) is 0 Å². The van der Waals surface area contributed by atoms with Crippen molar-refractivity contribution in [1.29, 1.82) is 0 Å². The molecule has 26 heavy (non-hydrogen) atoms. The van der Waals surface area contributed by atoms with E-state index in [0.717, 1.165) is 5.56 Å². The lowest BCUT2D eigenvalue weighted by atomic mass is 10.0. The third kappa shape index (κ3) is 4.04. The Morgan fingerprint density at radius 1 is 1.27 bits per heavy atom. The Morgan fingerprint density at radius 3 is 2.77 bits per heavy atom. The second-order valence-electron chi connectivity index (χ2n) is 6.01. The zero-order valence-corrected chi connectivity index (χ0v) is 15.5. The van der Waals surface area contributed by atoms with Crippen LogP contribution in [-0.4, -0.2) is 34.5 Å². The van der Waals surface area contributed by atoms with E-state index in [0.29, 0.717) is 28.7 Å². The number of halogens is 2. The van der Waals surface area contributed by atoms with Crippen LogP contribution in [0, 0.1) is 5.82 Å². The fraction of sp³-hybridized carbons (Fsp3) is 0.263. The third-order valence-electron chi connectivity index (χ3n) is 4.38. The number of hydrogen-bond donors (Lipinski definition) is 1. The number of rotatable bonds is 4. The molecule has 0 saturated carbocycles. The lowest BCUT2D eigenvalue weighted by Gasteiger charge is -2.24. The van der Waals surface area contributed by atoms with Crippen molar-refractivity contribution in [3.63, 3.8) is 0 Å². The van der Waals surface area contributed by atoms with Crippen molar-refractivity contribution in [1.82, 2.24) is 4.90 Å². The van der Waals surface area contributed by atoms with Gasteiger partial charge in [-0.05, 0) is 33.1 Å². The summed E-state index contributed by atoms with van der Waals surface area (Å²) in [5, 5.41) is 12.6. The molecule has 0 radical (unpaired) electrons. The smallest absolute Gasteiger partial charge is 0.410 e. The molecule has 0 spiro atoms. The fourth-order valence-electron chi connectivity index (χ4n) is 3.02. The number of nitrogens with zero attached hydrogens (tertiary/aromatic N) is 2. The number of hydrogen-bond acceptors (Lipinski definition) is 4. The van der Waals surface area contributed by atoms with E-state index in [9.17, 15) is 14.4 Å². The Bertz CT molecular complexity index is 814. The lowest BCUT2D eigenvalue weighted by molar-refractivity contribution is 0.0954. The standard InChI is InChI=1S/C19H18BrFN2O3/c20-15-8-4-7-14(18(15)21)11-17-16(22-25)9-10-23(17)19(24)26-12-13-5-2-1-3-6-13/h1-8,17,25H,9-12H2/t17-/m0/s1. The van der Waals surface area contributed by atoms with Gasteiger partial charge in [0.25, 0.3) is 0 Å². The highest BCUT2D eigenvalue weighted by Gasteiger charge is 2.36. The first kappa shape index (κ1) is 18.4. The number of amides is 1. The molecule has 0 bridgehead atoms. The maximum Gasteiger partial charge on any atom is 0.410 e. The van der Waals surface area contributed by atoms with Gasteiger partial charge in [-0.25, -0.2) is 9.18 Å². The maximum absolute atomic E-state index is 14.3. The van der Waals surface area contributed by atoms with Crippen LogP contribution in [0.1, 0.15) is 17.5 Å². The first-order chi connectivity index (χ1) is 12.6. The average molecular weight is 421 g/mol. The van der Waals surface area contributed by atoms with Gasteiger partial charge in [0.15, 0.2) is 0 Å². The summed E-state index contributed by atoms with van der Waals surface area (Å²) in [6, 6.07) is 13.8. The predicted molar refractivity (Wildman–Crippen MR) is 98.8 cm³/mol. The number of likely N-dealkylation sites (tertiary alicyclic amines) is 1. The molecule has 1 N–H and O–H groups in total. The molecular formula is C19H18BrFN2O3. The summed E-state index contributed by atoms with van der Waals surface area (Å²) < 4.78 is 20.0. The Balaban J connectivity index is 1.73. The Hall–Kier alpha value is -2.41. The highest BCUT2D eigenvalue weighted by atomic mass is 79.9. The molecule has 2 aromatic carbocycles. The van der Waals surface area contributed by atoms with Gasteiger partial charge in [0.1, 0.15) is 12.4 Å². The number of oxime groups is 1. The average Bonchev–Trinajstić information content (AvgIpc) is 3.07. The van der Waals surface area contributed by atoms with Crippen molar-refractivity contribution >= 4 is 27.7 Å². The molecule has 0 aromatic heterocycles. The highest BCUT2D eigenvalue weighted by molar-refractivity contribution is 9.10. The van der Waals surface area contributed by atoms with Gasteiger partial charge in [-0.15, -0.1) is 0 Å². The molecule has 1 aliphatic heterocycles. The molecule has 2 aromatic rings. The van der Waals surface area contributed by atoms with Crippen LogP contribution in [0.25, 0.3) is 0 Å². The first-order valence-corrected chi connectivity index (χ1v) is 9.00. The molecule has 7 heteroatoms. The molecule has 1 atom stereocenters. The van der Waals surface area contributed by atoms with Crippen LogP contribution in [-0.2, 0) is 17.8 Å². The van der Waals surface area contributed by atoms with E-state index in [1.54, 1.807) is 18.2 Å². The van der Waals surface area contributed by atoms with E-state index in [2.05, 4.69) is 21.1 Å². The van der Waals surface area contributed by atoms with Gasteiger partial charge in [0.05, 0.1) is 16.2 Å². The minimum Gasteiger partial charge on any atom is -0.445 e. The van der Waals surface area contributed by atoms with E-state index in [4.69, 9.17) is 4.74 Å². The van der Waals surface area contributed by atoms with Crippen molar-refractivity contribution in [3.05, 3.63) is 69.9 Å². The van der Waals surface area contributed by atoms with E-state index in [1.807, 2.05) is 30.3 Å². The summed E-state index contributed by atoms with van der Waals surface area (Å²) in [6.07, 6.45) is 0.135. The van der Waals surface area contributed by atoms with Gasteiger partial charge in [-0.2, -0.15) is 0 Å². The van der Waals surface area contributed by atoms with Crippen molar-refractivity contribution in [3.8, 4) is 0 Å². The second-order valence-corrected chi connectivity index (χ2v) is 6.86. The van der Waals surface area contributed by atoms with E-state index in [1.165, 1.54) is 4.90 Å². The molecule has 3 rings (SSSR count). The zero-order chi connectivity index (χ0) is 18.5. The normalized spacial score (nSPS) is 18.3. The number of carbonyl (C=O) groups is 1. The molecule has 1 fully saturated rings. The summed E-state index contributed by atoms with van der Waals surface area (Å²) in [4.78, 5) is 14.0. The summed E-state index contributed by atoms with van der Waals surface area (Å²) in [5.74, 6) is -0.380. The Morgan fingerprint density at radius 2 is 2.04 bits per heavy atom. The summed E-state index contributed by atoms with van der Waals surface area (Å²) in [6.45, 7) is 0.521. The third-order valence-corrected chi connectivity index (χ3v) is 5.00. The summed E-state index contributed by atoms with van der Waals surface area (Å²) >= 11 is 3.16. The monoisotopic (exact) mass is 420 g/mol. The van der Waals surface area contributed by atoms with Crippen LogP contribution < -0.4 is 0 Å². The molecule has 136 valence electrons. The van der Waals surface area contributed by atoms with Gasteiger partial charge < -0.3 is 9.94 Å². The predicted octanol–water partition coefficient (Wildman–Crippen LogP) is 4.37. The van der Waals surface area contributed by atoms with Crippen molar-refractivity contribution in [2.24, 2.45) is 5.16 Å². The minimum absolute atomic E-state index is 0.153. The quantitative estimate of drug-likeness (QED) is 0.589. The van der Waals surface area contributed by atoms with Gasteiger partial charge >= 0.3 is 6.09 Å². The largest absolute Gasteiger partial charge is 0.445 e. The van der Waals surface area contributed by atoms with Crippen LogP contribution in [0.15, 0.2) is 58.2 Å². The number of benzene rings is 2. The van der Waals surface area contributed by atoms with E-state index < -0.39 is 12.1 Å². The van der Waals surface area contributed by atoms with Crippen LogP contribution in [0.4, 0.5) is 9.18 Å². The molecule has 1 aliphatic rings. The topological polar surface area (TPSA) is 62.1 Å². The first-order valence-electron chi connectivity index (χ1n) is 8.21. The van der Waals surface area contributed by atoms with Crippen molar-refractivity contribution < 1.29 is 19.1 Å². The number of carbonyl (C=O) groups excluding carboxylic acids is 1. The summed E-state index contributed by atoms with van der Waals surface area (Å²) in [7, 11) is 0. The van der Waals surface area contributed by atoms with Crippen molar-refractivity contribution in [2.75, 3.05) is 6.54 Å². The van der Waals surface area contributed by atoms with Crippen molar-refractivity contribution in [2.45, 2.75) is 25.5 Å². The highest BCUT2D eigenvalue weighted by Crippen LogP contribution is 2.25. The Kier molecular flexibility index (Phi) is 5.88. The molecule has 1 saturated heterocycles. The van der Waals surface area contributed by atoms with E-state index >= 15 is 0 Å². The van der Waals surface area contributed by atoms with Gasteiger partial charge in [0, 0.05) is 19.4 Å². The second kappa shape index (κ2) is 8.31. The van der Waals surface area contributed by atoms with Crippen LogP contribution in [0.3, 0.4) is 0 Å². The van der Waals surface area contributed by atoms with Crippen LogP contribution >= 0.6 is 15.9 Å². The molecule has 0 unspecified atom stereocenters. The fourth-order valence-corrected chi connectivity index (χ4v) is 3.42. The summed E-state index contributed by atoms with van der Waals surface area (Å²) in [5.41, 5.74) is 1.76. The van der Waals surface area contributed by atoms with Gasteiger partial charge in [0.2, 0.25) is 0 Å². The number of ether oxygens (including phenoxy) is 1. The lowest BCUT2D eigenvalue weighted by Crippen LogP contribution is -2.40. The molecule has 0 aliphatic carbocycles. The molecule has 1 heterocycles. The van der Waals surface area contributed by atoms with Gasteiger partial charge in [-0.1, -0.05) is 47.6 Å². The molecule has 1 amide bonds. The SMILES string of the molecule is O=C(OCc1ccccc1)N1CCC(=NO)[C@@H]1Cc1cccc(Br)c1F.